The van der Waals surface area contributed by atoms with Crippen LogP contribution in [0.2, 0.25) is 0 Å². The van der Waals surface area contributed by atoms with Crippen molar-refractivity contribution in [2.24, 2.45) is 0 Å². The number of aliphatic hydroxyl groups excluding tert-OH is 5. The van der Waals surface area contributed by atoms with E-state index >= 15 is 0 Å². The molecule has 0 aromatic heterocycles. The molecule has 1 aromatic rings. The number of halogens is 3. The molecule has 0 saturated heterocycles. The minimum absolute atomic E-state index is 0.0298. The van der Waals surface area contributed by atoms with E-state index in [-0.39, 0.29) is 46.6 Å². The Balaban J connectivity index is 3.68. The molecule has 1 atom stereocenters. The summed E-state index contributed by atoms with van der Waals surface area (Å²) in [5.74, 6) is -1.97. The molecule has 31 heavy (non-hydrogen) atoms. The summed E-state index contributed by atoms with van der Waals surface area (Å²) in [4.78, 5) is 39.0. The van der Waals surface area contributed by atoms with E-state index < -0.39 is 43.6 Å². The van der Waals surface area contributed by atoms with Gasteiger partial charge in [0.05, 0.1) is 49.9 Å². The summed E-state index contributed by atoms with van der Waals surface area (Å²) < 4.78 is 0.873. The monoisotopic (exact) mass is 777 g/mol. The van der Waals surface area contributed by atoms with Gasteiger partial charge >= 0.3 is 0 Å². The largest absolute Gasteiger partial charge is 0.395 e. The quantitative estimate of drug-likeness (QED) is 0.139. The molecule has 1 unspecified atom stereocenters. The third kappa shape index (κ3) is 7.57. The van der Waals surface area contributed by atoms with Crippen LogP contribution in [0.25, 0.3) is 0 Å². The average molecular weight is 777 g/mol. The molecule has 0 heterocycles. The molecule has 0 fully saturated rings. The van der Waals surface area contributed by atoms with Crippen molar-refractivity contribution in [3.8, 4) is 0 Å². The van der Waals surface area contributed by atoms with Crippen molar-refractivity contribution >= 4 is 91.2 Å². The number of nitrogens with zero attached hydrogens (tertiary/aromatic N) is 1. The summed E-state index contributed by atoms with van der Waals surface area (Å²) in [7, 11) is 0. The van der Waals surface area contributed by atoms with Crippen molar-refractivity contribution < 1.29 is 39.9 Å². The summed E-state index contributed by atoms with van der Waals surface area (Å²) in [5, 5.41) is 51.3. The fourth-order valence-electron chi connectivity index (χ4n) is 2.46. The van der Waals surface area contributed by atoms with Crippen molar-refractivity contribution in [3.05, 3.63) is 21.8 Å². The number of amides is 3. The van der Waals surface area contributed by atoms with E-state index in [4.69, 9.17) is 15.3 Å². The Labute approximate surface area is 219 Å². The molecule has 0 spiro atoms. The Bertz CT molecular complexity index is 825. The zero-order chi connectivity index (χ0) is 23.7. The van der Waals surface area contributed by atoms with Crippen LogP contribution in [0.15, 0.2) is 0 Å². The fraction of sp³-hybridized carbons (Fsp3) is 0.471. The standard InChI is InChI=1S/C17H22I3N3O8/c18-12-10(16(30)21-1-3-24)13(19)15(22-9(29)7-27)14(20)11(12)17(31)23(2-4-25)5-8(28)6-26/h8,24-28H,1-7H2,(H,21,30)(H,22,29). The van der Waals surface area contributed by atoms with Crippen LogP contribution in [0.4, 0.5) is 5.69 Å². The molecule has 0 aliphatic rings. The Morgan fingerprint density at radius 1 is 0.935 bits per heavy atom. The van der Waals surface area contributed by atoms with E-state index in [1.807, 2.05) is 67.8 Å². The maximum absolute atomic E-state index is 13.3. The molecule has 11 nitrogen and oxygen atoms in total. The highest BCUT2D eigenvalue weighted by molar-refractivity contribution is 14.1. The maximum atomic E-state index is 13.3. The first-order valence-electron chi connectivity index (χ1n) is 8.83. The van der Waals surface area contributed by atoms with Gasteiger partial charge in [-0.05, 0) is 67.8 Å². The first-order valence-corrected chi connectivity index (χ1v) is 12.1. The number of benzene rings is 1. The highest BCUT2D eigenvalue weighted by Gasteiger charge is 2.31. The lowest BCUT2D eigenvalue weighted by Crippen LogP contribution is -2.41. The molecule has 0 aliphatic carbocycles. The van der Waals surface area contributed by atoms with E-state index in [0.29, 0.717) is 7.14 Å². The number of hydrogen-bond donors (Lipinski definition) is 7. The van der Waals surface area contributed by atoms with Gasteiger partial charge in [-0.2, -0.15) is 0 Å². The van der Waals surface area contributed by atoms with Gasteiger partial charge in [0.15, 0.2) is 0 Å². The number of carbonyl (C=O) groups is 3. The number of aliphatic hydroxyl groups is 5. The van der Waals surface area contributed by atoms with Crippen molar-refractivity contribution in [1.29, 1.82) is 0 Å². The van der Waals surface area contributed by atoms with Gasteiger partial charge in [0.25, 0.3) is 11.8 Å². The van der Waals surface area contributed by atoms with Crippen molar-refractivity contribution in [3.63, 3.8) is 0 Å². The Hall–Kier alpha value is -0.380. The normalized spacial score (nSPS) is 11.7. The van der Waals surface area contributed by atoms with Crippen molar-refractivity contribution in [2.45, 2.75) is 6.10 Å². The van der Waals surface area contributed by atoms with Crippen LogP contribution in [0.1, 0.15) is 20.7 Å². The SMILES string of the molecule is O=C(CO)Nc1c(I)c(C(=O)NCCO)c(I)c(C(=O)N(CCO)CC(O)CO)c1I. The number of hydrogen-bond acceptors (Lipinski definition) is 8. The lowest BCUT2D eigenvalue weighted by Gasteiger charge is -2.26. The summed E-state index contributed by atoms with van der Waals surface area (Å²) in [6.45, 7) is -2.55. The summed E-state index contributed by atoms with van der Waals surface area (Å²) in [6.07, 6.45) is -1.24. The number of nitrogens with one attached hydrogen (secondary N) is 2. The topological polar surface area (TPSA) is 180 Å². The van der Waals surface area contributed by atoms with Crippen LogP contribution >= 0.6 is 67.8 Å². The van der Waals surface area contributed by atoms with Gasteiger partial charge in [-0.25, -0.2) is 0 Å². The highest BCUT2D eigenvalue weighted by Crippen LogP contribution is 2.36. The van der Waals surface area contributed by atoms with Gasteiger partial charge in [-0.15, -0.1) is 0 Å². The molecule has 3 amide bonds. The zero-order valence-electron chi connectivity index (χ0n) is 16.1. The van der Waals surface area contributed by atoms with Crippen LogP contribution in [0.3, 0.4) is 0 Å². The molecular formula is C17H22I3N3O8. The maximum Gasteiger partial charge on any atom is 0.256 e. The number of anilines is 1. The van der Waals surface area contributed by atoms with Crippen LogP contribution in [0.5, 0.6) is 0 Å². The second-order valence-electron chi connectivity index (χ2n) is 6.06. The van der Waals surface area contributed by atoms with Gasteiger partial charge in [-0.1, -0.05) is 0 Å². The molecular weight excluding hydrogens is 755 g/mol. The molecule has 0 aliphatic heterocycles. The molecule has 7 N–H and O–H groups in total. The van der Waals surface area contributed by atoms with Crippen molar-refractivity contribution in [2.75, 3.05) is 51.4 Å². The van der Waals surface area contributed by atoms with Crippen LogP contribution in [-0.4, -0.2) is 100 Å². The van der Waals surface area contributed by atoms with Gasteiger partial charge < -0.3 is 41.1 Å². The van der Waals surface area contributed by atoms with E-state index in [1.165, 1.54) is 0 Å². The van der Waals surface area contributed by atoms with E-state index in [0.717, 1.165) is 4.90 Å². The number of carbonyl (C=O) groups excluding carboxylic acids is 3. The smallest absolute Gasteiger partial charge is 0.256 e. The summed E-state index contributed by atoms with van der Waals surface area (Å²) >= 11 is 5.49. The van der Waals surface area contributed by atoms with Gasteiger partial charge in [0.1, 0.15) is 6.61 Å². The highest BCUT2D eigenvalue weighted by atomic mass is 127. The lowest BCUT2D eigenvalue weighted by molar-refractivity contribution is -0.118. The number of rotatable bonds is 11. The van der Waals surface area contributed by atoms with Gasteiger partial charge in [0, 0.05) is 23.2 Å². The molecule has 0 radical (unpaired) electrons. The van der Waals surface area contributed by atoms with E-state index in [2.05, 4.69) is 10.6 Å². The van der Waals surface area contributed by atoms with Crippen molar-refractivity contribution in [1.82, 2.24) is 10.2 Å². The lowest BCUT2D eigenvalue weighted by atomic mass is 10.1. The Kier molecular flexibility index (Phi) is 12.9. The second kappa shape index (κ2) is 14.0. The fourth-order valence-corrected chi connectivity index (χ4v) is 6.85. The van der Waals surface area contributed by atoms with E-state index in [1.54, 1.807) is 0 Å². The van der Waals surface area contributed by atoms with Gasteiger partial charge in [0.2, 0.25) is 5.91 Å². The predicted molar refractivity (Wildman–Crippen MR) is 136 cm³/mol. The molecule has 14 heteroatoms. The third-order valence-electron chi connectivity index (χ3n) is 3.86. The summed E-state index contributed by atoms with van der Waals surface area (Å²) in [6, 6.07) is 0. The molecule has 1 rings (SSSR count). The molecule has 0 saturated carbocycles. The van der Waals surface area contributed by atoms with Crippen LogP contribution in [-0.2, 0) is 4.79 Å². The molecule has 1 aromatic carbocycles. The first kappa shape index (κ1) is 28.7. The Morgan fingerprint density at radius 3 is 2.06 bits per heavy atom. The molecule has 0 bridgehead atoms. The second-order valence-corrected chi connectivity index (χ2v) is 9.30. The minimum Gasteiger partial charge on any atom is -0.395 e. The average Bonchev–Trinajstić information content (AvgIpc) is 2.74. The van der Waals surface area contributed by atoms with Crippen LogP contribution < -0.4 is 10.6 Å². The first-order chi connectivity index (χ1) is 14.6. The third-order valence-corrected chi connectivity index (χ3v) is 7.10. The summed E-state index contributed by atoms with van der Waals surface area (Å²) in [5.41, 5.74) is 0.269. The predicted octanol–water partition coefficient (Wildman–Crippen LogP) is -1.06. The molecule has 174 valence electrons. The van der Waals surface area contributed by atoms with Gasteiger partial charge in [-0.3, -0.25) is 14.4 Å². The Morgan fingerprint density at radius 2 is 1.55 bits per heavy atom. The van der Waals surface area contributed by atoms with Crippen LogP contribution in [0, 0.1) is 10.7 Å². The zero-order valence-corrected chi connectivity index (χ0v) is 22.5. The van der Waals surface area contributed by atoms with E-state index in [9.17, 15) is 24.6 Å². The minimum atomic E-state index is -1.24.